The first kappa shape index (κ1) is 18.2. The van der Waals surface area contributed by atoms with Gasteiger partial charge >= 0.3 is 0 Å². The van der Waals surface area contributed by atoms with Crippen LogP contribution in [0.5, 0.6) is 0 Å². The molecule has 0 atom stereocenters. The number of aryl methyl sites for hydroxylation is 1. The number of nitrogens with zero attached hydrogens (tertiary/aromatic N) is 1. The van der Waals surface area contributed by atoms with Gasteiger partial charge < -0.3 is 10.2 Å². The standard InChI is InChI=1S/C16H23BrN2OS.ClH/c17-13-9-15(21-11-13)3-4-16(20)19-7-5-14(6-8-19)18-10-12-1-2-12;/h9,11-12,14,18H,1-8,10H2;1H. The Balaban J connectivity index is 0.00000176. The van der Waals surface area contributed by atoms with Crippen molar-refractivity contribution in [3.05, 3.63) is 20.8 Å². The molecule has 22 heavy (non-hydrogen) atoms. The van der Waals surface area contributed by atoms with Gasteiger partial charge in [0.05, 0.1) is 0 Å². The fourth-order valence-corrected chi connectivity index (χ4v) is 4.32. The van der Waals surface area contributed by atoms with Gasteiger partial charge in [-0.05, 0) is 66.6 Å². The number of halogens is 2. The summed E-state index contributed by atoms with van der Waals surface area (Å²) in [5, 5.41) is 5.74. The average Bonchev–Trinajstić information content (AvgIpc) is 3.24. The van der Waals surface area contributed by atoms with Crippen molar-refractivity contribution in [2.75, 3.05) is 19.6 Å². The molecule has 1 aliphatic heterocycles. The van der Waals surface area contributed by atoms with Crippen LogP contribution in [0.3, 0.4) is 0 Å². The van der Waals surface area contributed by atoms with E-state index in [1.54, 1.807) is 11.3 Å². The van der Waals surface area contributed by atoms with Crippen molar-refractivity contribution in [3.8, 4) is 0 Å². The molecule has 0 aromatic carbocycles. The van der Waals surface area contributed by atoms with Crippen LogP contribution >= 0.6 is 39.7 Å². The van der Waals surface area contributed by atoms with E-state index in [0.717, 1.165) is 42.7 Å². The zero-order valence-corrected chi connectivity index (χ0v) is 15.9. The summed E-state index contributed by atoms with van der Waals surface area (Å²) in [6.45, 7) is 3.04. The van der Waals surface area contributed by atoms with Gasteiger partial charge in [0.1, 0.15) is 0 Å². The Hall–Kier alpha value is -0.100. The second kappa shape index (κ2) is 8.67. The van der Waals surface area contributed by atoms with E-state index in [-0.39, 0.29) is 12.4 Å². The van der Waals surface area contributed by atoms with Crippen molar-refractivity contribution >= 4 is 45.6 Å². The first-order valence-corrected chi connectivity index (χ1v) is 9.62. The molecule has 0 spiro atoms. The van der Waals surface area contributed by atoms with Crippen LogP contribution in [-0.4, -0.2) is 36.5 Å². The van der Waals surface area contributed by atoms with Crippen molar-refractivity contribution in [2.24, 2.45) is 5.92 Å². The lowest BCUT2D eigenvalue weighted by Crippen LogP contribution is -2.45. The number of hydrogen-bond donors (Lipinski definition) is 1. The van der Waals surface area contributed by atoms with Gasteiger partial charge in [-0.2, -0.15) is 0 Å². The Kier molecular flexibility index (Phi) is 7.19. The molecule has 1 aliphatic carbocycles. The number of piperidine rings is 1. The van der Waals surface area contributed by atoms with E-state index in [0.29, 0.717) is 18.4 Å². The molecule has 2 fully saturated rings. The number of carbonyl (C=O) groups is 1. The molecular weight excluding hydrogens is 384 g/mol. The highest BCUT2D eigenvalue weighted by molar-refractivity contribution is 9.10. The van der Waals surface area contributed by atoms with Crippen molar-refractivity contribution in [1.82, 2.24) is 10.2 Å². The predicted molar refractivity (Wildman–Crippen MR) is 97.9 cm³/mol. The minimum absolute atomic E-state index is 0. The molecule has 1 aromatic heterocycles. The average molecular weight is 408 g/mol. The topological polar surface area (TPSA) is 32.3 Å². The Morgan fingerprint density at radius 2 is 2.05 bits per heavy atom. The fourth-order valence-electron chi connectivity index (χ4n) is 2.86. The Labute approximate surface area is 151 Å². The van der Waals surface area contributed by atoms with E-state index >= 15 is 0 Å². The van der Waals surface area contributed by atoms with Crippen LogP contribution in [0.25, 0.3) is 0 Å². The quantitative estimate of drug-likeness (QED) is 0.776. The Bertz CT molecular complexity index is 484. The van der Waals surface area contributed by atoms with Gasteiger partial charge in [-0.15, -0.1) is 23.7 Å². The van der Waals surface area contributed by atoms with E-state index in [2.05, 4.69) is 37.6 Å². The lowest BCUT2D eigenvalue weighted by atomic mass is 10.0. The number of amides is 1. The summed E-state index contributed by atoms with van der Waals surface area (Å²) >= 11 is 5.19. The van der Waals surface area contributed by atoms with Crippen molar-refractivity contribution < 1.29 is 4.79 Å². The molecule has 6 heteroatoms. The minimum Gasteiger partial charge on any atom is -0.343 e. The zero-order valence-electron chi connectivity index (χ0n) is 12.7. The lowest BCUT2D eigenvalue weighted by molar-refractivity contribution is -0.132. The summed E-state index contributed by atoms with van der Waals surface area (Å²) in [6, 6.07) is 2.74. The third-order valence-corrected chi connectivity index (χ3v) is 6.20. The molecule has 2 heterocycles. The summed E-state index contributed by atoms with van der Waals surface area (Å²) < 4.78 is 1.12. The van der Waals surface area contributed by atoms with Crippen LogP contribution in [0.4, 0.5) is 0 Å². The molecule has 1 amide bonds. The van der Waals surface area contributed by atoms with Crippen LogP contribution < -0.4 is 5.32 Å². The third-order valence-electron chi connectivity index (χ3n) is 4.45. The van der Waals surface area contributed by atoms with E-state index in [9.17, 15) is 4.79 Å². The molecule has 1 saturated carbocycles. The number of rotatable bonds is 6. The predicted octanol–water partition coefficient (Wildman–Crippen LogP) is 3.86. The van der Waals surface area contributed by atoms with Crippen molar-refractivity contribution in [3.63, 3.8) is 0 Å². The molecule has 1 aromatic rings. The molecular formula is C16H24BrClN2OS. The molecule has 0 radical (unpaired) electrons. The number of thiophene rings is 1. The van der Waals surface area contributed by atoms with E-state index in [1.165, 1.54) is 24.3 Å². The second-order valence-electron chi connectivity index (χ2n) is 6.24. The Morgan fingerprint density at radius 3 is 2.64 bits per heavy atom. The molecule has 1 N–H and O–H groups in total. The van der Waals surface area contributed by atoms with E-state index < -0.39 is 0 Å². The molecule has 0 bridgehead atoms. The van der Waals surface area contributed by atoms with Crippen LogP contribution in [0, 0.1) is 5.92 Å². The normalized spacial score (nSPS) is 19.0. The molecule has 3 nitrogen and oxygen atoms in total. The maximum absolute atomic E-state index is 12.3. The first-order chi connectivity index (χ1) is 10.2. The van der Waals surface area contributed by atoms with Gasteiger partial charge in [0.25, 0.3) is 0 Å². The SMILES string of the molecule is Cl.O=C(CCc1cc(Br)cs1)N1CCC(NCC2CC2)CC1. The second-order valence-corrected chi connectivity index (χ2v) is 8.15. The smallest absolute Gasteiger partial charge is 0.222 e. The highest BCUT2D eigenvalue weighted by Crippen LogP contribution is 2.28. The largest absolute Gasteiger partial charge is 0.343 e. The van der Waals surface area contributed by atoms with Gasteiger partial charge in [-0.1, -0.05) is 0 Å². The number of hydrogen-bond acceptors (Lipinski definition) is 3. The minimum atomic E-state index is 0. The lowest BCUT2D eigenvalue weighted by Gasteiger charge is -2.32. The summed E-state index contributed by atoms with van der Waals surface area (Å²) in [4.78, 5) is 15.6. The van der Waals surface area contributed by atoms with Gasteiger partial charge in [-0.3, -0.25) is 4.79 Å². The van der Waals surface area contributed by atoms with Gasteiger partial charge in [0.15, 0.2) is 0 Å². The summed E-state index contributed by atoms with van der Waals surface area (Å²) in [6.07, 6.45) is 6.56. The number of carbonyl (C=O) groups excluding carboxylic acids is 1. The highest BCUT2D eigenvalue weighted by Gasteiger charge is 2.25. The molecule has 1 saturated heterocycles. The number of nitrogens with one attached hydrogen (secondary N) is 1. The van der Waals surface area contributed by atoms with Crippen LogP contribution in [0.2, 0.25) is 0 Å². The maximum Gasteiger partial charge on any atom is 0.222 e. The maximum atomic E-state index is 12.3. The molecule has 0 unspecified atom stereocenters. The van der Waals surface area contributed by atoms with Gasteiger partial charge in [-0.25, -0.2) is 0 Å². The first-order valence-electron chi connectivity index (χ1n) is 7.95. The van der Waals surface area contributed by atoms with E-state index in [4.69, 9.17) is 0 Å². The van der Waals surface area contributed by atoms with Crippen LogP contribution in [-0.2, 0) is 11.2 Å². The summed E-state index contributed by atoms with van der Waals surface area (Å²) in [5.74, 6) is 1.26. The van der Waals surface area contributed by atoms with Crippen LogP contribution in [0.15, 0.2) is 15.9 Å². The van der Waals surface area contributed by atoms with Crippen LogP contribution in [0.1, 0.15) is 37.0 Å². The molecule has 124 valence electrons. The Morgan fingerprint density at radius 1 is 1.32 bits per heavy atom. The van der Waals surface area contributed by atoms with Crippen molar-refractivity contribution in [1.29, 1.82) is 0 Å². The zero-order chi connectivity index (χ0) is 14.7. The fraction of sp³-hybridized carbons (Fsp3) is 0.688. The molecule has 3 rings (SSSR count). The van der Waals surface area contributed by atoms with E-state index in [1.807, 2.05) is 0 Å². The third kappa shape index (κ3) is 5.52. The monoisotopic (exact) mass is 406 g/mol. The highest BCUT2D eigenvalue weighted by atomic mass is 79.9. The number of likely N-dealkylation sites (tertiary alicyclic amines) is 1. The summed E-state index contributed by atoms with van der Waals surface area (Å²) in [5.41, 5.74) is 0. The summed E-state index contributed by atoms with van der Waals surface area (Å²) in [7, 11) is 0. The molecule has 2 aliphatic rings. The van der Waals surface area contributed by atoms with Gasteiger partial charge in [0.2, 0.25) is 5.91 Å². The van der Waals surface area contributed by atoms with Gasteiger partial charge in [0, 0.05) is 40.3 Å². The van der Waals surface area contributed by atoms with Crippen molar-refractivity contribution in [2.45, 2.75) is 44.6 Å².